The van der Waals surface area contributed by atoms with Gasteiger partial charge in [0.2, 0.25) is 0 Å². The molecule has 0 unspecified atom stereocenters. The lowest BCUT2D eigenvalue weighted by molar-refractivity contribution is -0.856. The monoisotopic (exact) mass is 358 g/mol. The van der Waals surface area contributed by atoms with Crippen molar-refractivity contribution in [3.05, 3.63) is 23.7 Å². The molecule has 0 atom stereocenters. The number of aromatic nitrogens is 3. The molecule has 3 aromatic heterocycles. The average Bonchev–Trinajstić information content (AvgIpc) is 2.90. The number of rotatable bonds is 4. The van der Waals surface area contributed by atoms with E-state index in [9.17, 15) is 0 Å². The molecule has 0 saturated heterocycles. The molecular formula is C18H24N5OS+. The van der Waals surface area contributed by atoms with E-state index in [1.54, 1.807) is 17.7 Å². The van der Waals surface area contributed by atoms with Crippen molar-refractivity contribution >= 4 is 37.6 Å². The molecule has 0 radical (unpaired) electrons. The zero-order valence-electron chi connectivity index (χ0n) is 15.1. The maximum atomic E-state index is 5.94. The zero-order chi connectivity index (χ0) is 17.6. The van der Waals surface area contributed by atoms with E-state index in [0.717, 1.165) is 51.5 Å². The Hall–Kier alpha value is -1.83. The van der Waals surface area contributed by atoms with Gasteiger partial charge in [-0.25, -0.2) is 15.0 Å². The number of hydrogen-bond acceptors (Lipinski definition) is 6. The molecular weight excluding hydrogens is 334 g/mol. The van der Waals surface area contributed by atoms with Crippen LogP contribution in [-0.2, 0) is 17.8 Å². The van der Waals surface area contributed by atoms with Gasteiger partial charge in [0.1, 0.15) is 17.0 Å². The van der Waals surface area contributed by atoms with Crippen LogP contribution in [0.5, 0.6) is 0 Å². The molecule has 3 aromatic rings. The molecule has 132 valence electrons. The summed E-state index contributed by atoms with van der Waals surface area (Å²) in [6.07, 6.45) is 2.48. The molecule has 0 fully saturated rings. The maximum Gasteiger partial charge on any atom is 0.147 e. The number of anilines is 1. The summed E-state index contributed by atoms with van der Waals surface area (Å²) in [6.45, 7) is 6.77. The first-order valence-corrected chi connectivity index (χ1v) is 9.47. The molecule has 25 heavy (non-hydrogen) atoms. The van der Waals surface area contributed by atoms with Crippen molar-refractivity contribution in [2.24, 2.45) is 0 Å². The van der Waals surface area contributed by atoms with Gasteiger partial charge in [-0.1, -0.05) is 0 Å². The fraction of sp³-hybridized carbons (Fsp3) is 0.500. The van der Waals surface area contributed by atoms with E-state index < -0.39 is 0 Å². The van der Waals surface area contributed by atoms with Gasteiger partial charge in [0.25, 0.3) is 0 Å². The highest BCUT2D eigenvalue weighted by molar-refractivity contribution is 7.25. The Morgan fingerprint density at radius 2 is 2.16 bits per heavy atom. The Bertz CT molecular complexity index is 934. The van der Waals surface area contributed by atoms with Crippen LogP contribution in [0.25, 0.3) is 20.4 Å². The minimum atomic E-state index is -0.147. The molecule has 1 aliphatic heterocycles. The maximum absolute atomic E-state index is 5.94. The van der Waals surface area contributed by atoms with Crippen LogP contribution in [-0.4, -0.2) is 47.7 Å². The van der Waals surface area contributed by atoms with E-state index in [4.69, 9.17) is 9.72 Å². The highest BCUT2D eigenvalue weighted by Gasteiger charge is 2.28. The van der Waals surface area contributed by atoms with Crippen molar-refractivity contribution in [3.63, 3.8) is 0 Å². The summed E-state index contributed by atoms with van der Waals surface area (Å²) >= 11 is 1.67. The third-order valence-electron chi connectivity index (χ3n) is 4.54. The largest absolute Gasteiger partial charge is 0.370 e. The average molecular weight is 358 g/mol. The number of hydrogen-bond donors (Lipinski definition) is 2. The first kappa shape index (κ1) is 16.6. The van der Waals surface area contributed by atoms with Crippen LogP contribution in [0.15, 0.2) is 12.4 Å². The van der Waals surface area contributed by atoms with Crippen LogP contribution in [0.2, 0.25) is 0 Å². The van der Waals surface area contributed by atoms with Crippen molar-refractivity contribution in [2.75, 3.05) is 32.5 Å². The molecule has 0 aromatic carbocycles. The van der Waals surface area contributed by atoms with Crippen molar-refractivity contribution in [2.45, 2.75) is 32.5 Å². The lowest BCUT2D eigenvalue weighted by Gasteiger charge is -2.30. The summed E-state index contributed by atoms with van der Waals surface area (Å²) in [5, 5.41) is 4.55. The molecule has 4 heterocycles. The van der Waals surface area contributed by atoms with E-state index in [-0.39, 0.29) is 5.60 Å². The zero-order valence-corrected chi connectivity index (χ0v) is 16.0. The van der Waals surface area contributed by atoms with Gasteiger partial charge in [0.05, 0.1) is 55.3 Å². The second-order valence-electron chi connectivity index (χ2n) is 7.56. The van der Waals surface area contributed by atoms with Crippen LogP contribution in [0.3, 0.4) is 0 Å². The Kier molecular flexibility index (Phi) is 4.10. The van der Waals surface area contributed by atoms with Gasteiger partial charge < -0.3 is 15.0 Å². The second-order valence-corrected chi connectivity index (χ2v) is 8.56. The van der Waals surface area contributed by atoms with Gasteiger partial charge >= 0.3 is 0 Å². The Morgan fingerprint density at radius 1 is 1.32 bits per heavy atom. The standard InChI is InChI=1S/C18H23N5OS/c1-18(2)8-13-11(9-24-18)7-12-14-15(25-17(12)22-13)16(21-10-20-14)19-5-6-23(3)4/h7,10H,5-6,8-9H2,1-4H3,(H,19,20,21)/p+1. The highest BCUT2D eigenvalue weighted by Crippen LogP contribution is 2.37. The molecule has 0 spiro atoms. The van der Waals surface area contributed by atoms with Gasteiger partial charge in [-0.2, -0.15) is 0 Å². The fourth-order valence-electron chi connectivity index (χ4n) is 3.14. The molecule has 1 aliphatic rings. The number of pyridine rings is 1. The van der Waals surface area contributed by atoms with Crippen LogP contribution in [0.4, 0.5) is 5.82 Å². The minimum Gasteiger partial charge on any atom is -0.370 e. The van der Waals surface area contributed by atoms with Gasteiger partial charge in [0.15, 0.2) is 0 Å². The number of nitrogens with one attached hydrogen (secondary N) is 2. The summed E-state index contributed by atoms with van der Waals surface area (Å²) in [7, 11) is 4.30. The number of fused-ring (bicyclic) bond motifs is 4. The Morgan fingerprint density at radius 3 is 2.96 bits per heavy atom. The molecule has 6 nitrogen and oxygen atoms in total. The fourth-order valence-corrected chi connectivity index (χ4v) is 4.24. The lowest BCUT2D eigenvalue weighted by atomic mass is 9.95. The van der Waals surface area contributed by atoms with Crippen LogP contribution >= 0.6 is 11.3 Å². The van der Waals surface area contributed by atoms with Gasteiger partial charge in [0, 0.05) is 17.4 Å². The van der Waals surface area contributed by atoms with Crippen molar-refractivity contribution in [3.8, 4) is 0 Å². The minimum absolute atomic E-state index is 0.147. The molecule has 0 aliphatic carbocycles. The van der Waals surface area contributed by atoms with Crippen LogP contribution in [0.1, 0.15) is 25.1 Å². The quantitative estimate of drug-likeness (QED) is 0.742. The third-order valence-corrected chi connectivity index (χ3v) is 5.64. The molecule has 0 bridgehead atoms. The van der Waals surface area contributed by atoms with Crippen LogP contribution in [0, 0.1) is 0 Å². The SMILES string of the molecule is C[NH+](C)CCNc1ncnc2c1sc1nc3c(cc12)COC(C)(C)C3. The Labute approximate surface area is 151 Å². The summed E-state index contributed by atoms with van der Waals surface area (Å²) in [4.78, 5) is 16.4. The smallest absolute Gasteiger partial charge is 0.147 e. The Balaban J connectivity index is 1.76. The summed E-state index contributed by atoms with van der Waals surface area (Å²) < 4.78 is 7.03. The predicted molar refractivity (Wildman–Crippen MR) is 101 cm³/mol. The molecule has 7 heteroatoms. The third kappa shape index (κ3) is 3.19. The van der Waals surface area contributed by atoms with E-state index in [1.807, 2.05) is 0 Å². The van der Waals surface area contributed by atoms with E-state index >= 15 is 0 Å². The van der Waals surface area contributed by atoms with E-state index in [2.05, 4.69) is 49.3 Å². The molecule has 0 amide bonds. The predicted octanol–water partition coefficient (Wildman–Crippen LogP) is 1.65. The molecule has 4 rings (SSSR count). The summed E-state index contributed by atoms with van der Waals surface area (Å²) in [5.74, 6) is 0.906. The number of nitrogens with zero attached hydrogens (tertiary/aromatic N) is 3. The van der Waals surface area contributed by atoms with Crippen molar-refractivity contribution in [1.29, 1.82) is 0 Å². The summed E-state index contributed by atoms with van der Waals surface area (Å²) in [5.41, 5.74) is 3.16. The van der Waals surface area contributed by atoms with Gasteiger partial charge in [-0.3, -0.25) is 0 Å². The topological polar surface area (TPSA) is 64.4 Å². The van der Waals surface area contributed by atoms with Crippen molar-refractivity contribution in [1.82, 2.24) is 15.0 Å². The first-order chi connectivity index (χ1) is 11.9. The summed E-state index contributed by atoms with van der Waals surface area (Å²) in [6, 6.07) is 2.20. The molecule has 0 saturated carbocycles. The number of thiophene rings is 1. The van der Waals surface area contributed by atoms with Crippen LogP contribution < -0.4 is 10.2 Å². The van der Waals surface area contributed by atoms with E-state index in [0.29, 0.717) is 6.61 Å². The van der Waals surface area contributed by atoms with Gasteiger partial charge in [-0.15, -0.1) is 11.3 Å². The normalized spacial score (nSPS) is 16.5. The first-order valence-electron chi connectivity index (χ1n) is 8.66. The second kappa shape index (κ2) is 6.16. The van der Waals surface area contributed by atoms with E-state index in [1.165, 1.54) is 10.5 Å². The lowest BCUT2D eigenvalue weighted by Crippen LogP contribution is -3.06. The molecule has 2 N–H and O–H groups in total. The van der Waals surface area contributed by atoms with Crippen molar-refractivity contribution < 1.29 is 9.64 Å². The number of likely N-dealkylation sites (N-methyl/N-ethyl adjacent to an activating group) is 1. The highest BCUT2D eigenvalue weighted by atomic mass is 32.1. The van der Waals surface area contributed by atoms with Gasteiger partial charge in [-0.05, 0) is 19.9 Å². The number of quaternary nitrogens is 1. The number of ether oxygens (including phenoxy) is 1.